The Bertz CT molecular complexity index is 1380. The number of aliphatic hydroxyl groups is 1. The Morgan fingerprint density at radius 1 is 1.19 bits per heavy atom. The molecule has 0 bridgehead atoms. The third kappa shape index (κ3) is 4.61. The lowest BCUT2D eigenvalue weighted by atomic mass is 10.0. The number of rotatable bonds is 7. The number of aryl methyl sites for hydroxylation is 1. The van der Waals surface area contributed by atoms with Crippen molar-refractivity contribution in [2.24, 2.45) is 0 Å². The molecule has 8 nitrogen and oxygen atoms in total. The van der Waals surface area contributed by atoms with Crippen molar-refractivity contribution >= 4 is 28.1 Å². The SMILES string of the molecule is C[S+]([O-])Nc1cccc(OC(F)F)c1[C@H]1CCc2nc3ccc(-c4cnc(C(C)(C)O)nc4)cc3n21. The molecule has 0 aliphatic carbocycles. The fourth-order valence-corrected chi connectivity index (χ4v) is 5.13. The highest BCUT2D eigenvalue weighted by Gasteiger charge is 2.32. The molecule has 1 aliphatic heterocycles. The molecule has 0 saturated heterocycles. The standard InChI is InChI=1S/C25H25F2N5O3S/c1-25(2,33)23-28-12-15(13-29-23)14-7-8-16-19(11-14)32-18(9-10-21(32)30-16)22-17(31-36(3)34)5-4-6-20(22)35-24(26)27/h4-8,11-13,18,24,31,33H,9-10H2,1-3H3/t18-,36?/m1/s1. The van der Waals surface area contributed by atoms with E-state index in [1.165, 1.54) is 12.3 Å². The quantitative estimate of drug-likeness (QED) is 0.349. The van der Waals surface area contributed by atoms with Crippen LogP contribution >= 0.6 is 0 Å². The second-order valence-corrected chi connectivity index (χ2v) is 10.3. The number of nitrogens with zero attached hydrogens (tertiary/aromatic N) is 4. The van der Waals surface area contributed by atoms with E-state index in [0.29, 0.717) is 29.9 Å². The van der Waals surface area contributed by atoms with E-state index in [0.717, 1.165) is 28.0 Å². The maximum absolute atomic E-state index is 13.3. The molecule has 2 atom stereocenters. The van der Waals surface area contributed by atoms with Crippen LogP contribution in [0.15, 0.2) is 48.8 Å². The van der Waals surface area contributed by atoms with Gasteiger partial charge in [-0.15, -0.1) is 0 Å². The molecule has 5 rings (SSSR count). The van der Waals surface area contributed by atoms with Crippen LogP contribution in [0.5, 0.6) is 5.75 Å². The average molecular weight is 514 g/mol. The molecular weight excluding hydrogens is 488 g/mol. The lowest BCUT2D eigenvalue weighted by Crippen LogP contribution is -2.19. The first-order valence-corrected chi connectivity index (χ1v) is 12.9. The molecule has 0 fully saturated rings. The summed E-state index contributed by atoms with van der Waals surface area (Å²) in [5.74, 6) is 1.18. The smallest absolute Gasteiger partial charge is 0.387 e. The van der Waals surface area contributed by atoms with Crippen LogP contribution in [0.4, 0.5) is 14.5 Å². The first-order chi connectivity index (χ1) is 17.1. The maximum Gasteiger partial charge on any atom is 0.387 e. The van der Waals surface area contributed by atoms with Crippen LogP contribution in [-0.2, 0) is 23.4 Å². The normalized spacial score (nSPS) is 16.4. The van der Waals surface area contributed by atoms with Gasteiger partial charge in [-0.1, -0.05) is 12.1 Å². The molecule has 36 heavy (non-hydrogen) atoms. The zero-order valence-electron chi connectivity index (χ0n) is 19.9. The summed E-state index contributed by atoms with van der Waals surface area (Å²) < 4.78 is 48.3. The molecule has 3 heterocycles. The van der Waals surface area contributed by atoms with Crippen molar-refractivity contribution in [3.8, 4) is 16.9 Å². The summed E-state index contributed by atoms with van der Waals surface area (Å²) in [6.07, 6.45) is 6.07. The van der Waals surface area contributed by atoms with Crippen LogP contribution in [-0.4, -0.2) is 42.0 Å². The van der Waals surface area contributed by atoms with Gasteiger partial charge in [-0.05, 0) is 50.1 Å². The Morgan fingerprint density at radius 3 is 2.61 bits per heavy atom. The van der Waals surface area contributed by atoms with Crippen molar-refractivity contribution < 1.29 is 23.2 Å². The summed E-state index contributed by atoms with van der Waals surface area (Å²) in [6, 6.07) is 10.2. The number of hydrogen-bond donors (Lipinski definition) is 2. The van der Waals surface area contributed by atoms with Crippen molar-refractivity contribution in [1.29, 1.82) is 0 Å². The number of anilines is 1. The fraction of sp³-hybridized carbons (Fsp3) is 0.320. The van der Waals surface area contributed by atoms with Gasteiger partial charge in [0.2, 0.25) is 0 Å². The molecule has 0 saturated carbocycles. The summed E-state index contributed by atoms with van der Waals surface area (Å²) in [6.45, 7) is 0.248. The number of benzene rings is 2. The number of aromatic nitrogens is 4. The second-order valence-electron chi connectivity index (χ2n) is 9.16. The maximum atomic E-state index is 13.3. The molecule has 2 aromatic heterocycles. The lowest BCUT2D eigenvalue weighted by molar-refractivity contribution is -0.0506. The predicted octanol–water partition coefficient (Wildman–Crippen LogP) is 4.56. The monoisotopic (exact) mass is 513 g/mol. The number of hydrogen-bond acceptors (Lipinski definition) is 7. The summed E-state index contributed by atoms with van der Waals surface area (Å²) in [7, 11) is 0. The highest BCUT2D eigenvalue weighted by Crippen LogP contribution is 2.44. The molecule has 2 aromatic carbocycles. The number of alkyl halides is 2. The summed E-state index contributed by atoms with van der Waals surface area (Å²) >= 11 is -1.41. The number of imidazole rings is 1. The zero-order chi connectivity index (χ0) is 25.6. The third-order valence-electron chi connectivity index (χ3n) is 6.12. The lowest BCUT2D eigenvalue weighted by Gasteiger charge is -2.22. The van der Waals surface area contributed by atoms with Crippen LogP contribution in [0.3, 0.4) is 0 Å². The Labute approximate surface area is 209 Å². The number of halogens is 2. The van der Waals surface area contributed by atoms with E-state index in [1.54, 1.807) is 38.4 Å². The van der Waals surface area contributed by atoms with Crippen molar-refractivity contribution in [3.63, 3.8) is 0 Å². The highest BCUT2D eigenvalue weighted by atomic mass is 32.2. The van der Waals surface area contributed by atoms with Crippen molar-refractivity contribution in [1.82, 2.24) is 19.5 Å². The van der Waals surface area contributed by atoms with Gasteiger partial charge in [0.05, 0.1) is 34.1 Å². The summed E-state index contributed by atoms with van der Waals surface area (Å²) in [5, 5.41) is 10.1. The molecule has 0 amide bonds. The van der Waals surface area contributed by atoms with Crippen molar-refractivity contribution in [2.75, 3.05) is 11.0 Å². The van der Waals surface area contributed by atoms with E-state index in [1.807, 2.05) is 22.8 Å². The molecule has 11 heteroatoms. The Balaban J connectivity index is 1.61. The van der Waals surface area contributed by atoms with Gasteiger partial charge in [-0.3, -0.25) is 0 Å². The average Bonchev–Trinajstić information content (AvgIpc) is 3.37. The molecule has 1 aliphatic rings. The van der Waals surface area contributed by atoms with Gasteiger partial charge in [0.25, 0.3) is 0 Å². The Hall–Kier alpha value is -3.28. The molecule has 2 N–H and O–H groups in total. The van der Waals surface area contributed by atoms with E-state index in [4.69, 9.17) is 9.72 Å². The number of ether oxygens (including phenoxy) is 1. The summed E-state index contributed by atoms with van der Waals surface area (Å²) in [4.78, 5) is 13.4. The van der Waals surface area contributed by atoms with Gasteiger partial charge in [-0.2, -0.15) is 8.78 Å². The van der Waals surface area contributed by atoms with Crippen LogP contribution < -0.4 is 9.46 Å². The van der Waals surface area contributed by atoms with Gasteiger partial charge in [0.1, 0.15) is 23.4 Å². The fourth-order valence-electron chi connectivity index (χ4n) is 4.64. The van der Waals surface area contributed by atoms with Crippen LogP contribution in [0.1, 0.15) is 43.5 Å². The first-order valence-electron chi connectivity index (χ1n) is 11.4. The van der Waals surface area contributed by atoms with Gasteiger partial charge in [-0.25, -0.2) is 19.7 Å². The van der Waals surface area contributed by atoms with E-state index >= 15 is 0 Å². The predicted molar refractivity (Wildman–Crippen MR) is 133 cm³/mol. The van der Waals surface area contributed by atoms with Crippen LogP contribution in [0, 0.1) is 0 Å². The first kappa shape index (κ1) is 24.4. The van der Waals surface area contributed by atoms with Crippen LogP contribution in [0.25, 0.3) is 22.2 Å². The topological polar surface area (TPSA) is 108 Å². The molecular formula is C25H25F2N5O3S. The third-order valence-corrected chi connectivity index (χ3v) is 6.62. The molecule has 0 spiro atoms. The minimum absolute atomic E-state index is 0.0342. The van der Waals surface area contributed by atoms with Crippen molar-refractivity contribution in [2.45, 2.75) is 44.9 Å². The zero-order valence-corrected chi connectivity index (χ0v) is 20.7. The van der Waals surface area contributed by atoms with E-state index < -0.39 is 23.6 Å². The molecule has 188 valence electrons. The molecule has 1 unspecified atom stereocenters. The number of nitrogens with one attached hydrogen (secondary N) is 1. The summed E-state index contributed by atoms with van der Waals surface area (Å²) in [5.41, 5.74) is 3.04. The largest absolute Gasteiger partial charge is 0.593 e. The van der Waals surface area contributed by atoms with Crippen molar-refractivity contribution in [3.05, 3.63) is 66.0 Å². The van der Waals surface area contributed by atoms with E-state index in [9.17, 15) is 18.4 Å². The Kier molecular flexibility index (Phi) is 6.31. The van der Waals surface area contributed by atoms with Crippen LogP contribution in [0.2, 0.25) is 0 Å². The van der Waals surface area contributed by atoms with Gasteiger partial charge >= 0.3 is 6.61 Å². The minimum atomic E-state index is -3.00. The second kappa shape index (κ2) is 9.30. The highest BCUT2D eigenvalue weighted by molar-refractivity contribution is 7.92. The molecule has 0 radical (unpaired) electrons. The van der Waals surface area contributed by atoms with Gasteiger partial charge in [0.15, 0.2) is 5.82 Å². The molecule has 4 aromatic rings. The van der Waals surface area contributed by atoms with E-state index in [2.05, 4.69) is 14.7 Å². The van der Waals surface area contributed by atoms with Gasteiger partial charge < -0.3 is 19.0 Å². The minimum Gasteiger partial charge on any atom is -0.593 e. The van der Waals surface area contributed by atoms with E-state index in [-0.39, 0.29) is 11.8 Å². The Morgan fingerprint density at radius 2 is 1.94 bits per heavy atom. The number of fused-ring (bicyclic) bond motifs is 3. The van der Waals surface area contributed by atoms with Gasteiger partial charge in [0, 0.05) is 29.9 Å².